The number of hydrogen-bond donors (Lipinski definition) is 2. The third-order valence-electron chi connectivity index (χ3n) is 3.99. The number of H-pyrrole nitrogens is 1. The molecule has 0 saturated heterocycles. The number of ether oxygens (including phenoxy) is 2. The molecule has 1 atom stereocenters. The van der Waals surface area contributed by atoms with Crippen LogP contribution in [-0.4, -0.2) is 34.7 Å². The van der Waals surface area contributed by atoms with Crippen molar-refractivity contribution >= 4 is 17.5 Å². The van der Waals surface area contributed by atoms with Gasteiger partial charge in [-0.3, -0.25) is 4.79 Å². The van der Waals surface area contributed by atoms with Crippen molar-refractivity contribution in [1.82, 2.24) is 19.9 Å². The number of carbonyl (C=O) groups is 1. The SMILES string of the molecule is COc1cc(OC)cc([C@@H](NC(=O)c2cc(Cl)c[nH]2)c2nccn2C)c1. The zero-order valence-corrected chi connectivity index (χ0v) is 15.4. The van der Waals surface area contributed by atoms with Gasteiger partial charge in [0, 0.05) is 31.7 Å². The van der Waals surface area contributed by atoms with Crippen LogP contribution in [0.25, 0.3) is 0 Å². The fourth-order valence-electron chi connectivity index (χ4n) is 2.66. The third-order valence-corrected chi connectivity index (χ3v) is 4.21. The summed E-state index contributed by atoms with van der Waals surface area (Å²) >= 11 is 5.90. The quantitative estimate of drug-likeness (QED) is 0.695. The number of carbonyl (C=O) groups excluding carboxylic acids is 1. The maximum atomic E-state index is 12.7. The topological polar surface area (TPSA) is 81.2 Å². The zero-order valence-electron chi connectivity index (χ0n) is 14.6. The largest absolute Gasteiger partial charge is 0.497 e. The minimum Gasteiger partial charge on any atom is -0.497 e. The first kappa shape index (κ1) is 17.9. The van der Waals surface area contributed by atoms with Crippen LogP contribution >= 0.6 is 11.6 Å². The molecule has 0 unspecified atom stereocenters. The van der Waals surface area contributed by atoms with Gasteiger partial charge in [0.25, 0.3) is 5.91 Å². The van der Waals surface area contributed by atoms with Gasteiger partial charge in [-0.15, -0.1) is 0 Å². The molecule has 136 valence electrons. The Morgan fingerprint density at radius 1 is 1.23 bits per heavy atom. The van der Waals surface area contributed by atoms with E-state index >= 15 is 0 Å². The molecule has 1 amide bonds. The number of aromatic amines is 1. The highest BCUT2D eigenvalue weighted by Crippen LogP contribution is 2.29. The molecule has 0 aliphatic carbocycles. The lowest BCUT2D eigenvalue weighted by molar-refractivity contribution is 0.0936. The first-order chi connectivity index (χ1) is 12.5. The lowest BCUT2D eigenvalue weighted by atomic mass is 10.0. The van der Waals surface area contributed by atoms with Crippen LogP contribution in [0.5, 0.6) is 11.5 Å². The van der Waals surface area contributed by atoms with Crippen LogP contribution in [0.2, 0.25) is 5.02 Å². The normalized spacial score (nSPS) is 11.8. The molecule has 3 aromatic rings. The second-order valence-electron chi connectivity index (χ2n) is 5.68. The summed E-state index contributed by atoms with van der Waals surface area (Å²) in [7, 11) is 5.02. The molecular weight excluding hydrogens is 356 g/mol. The molecule has 7 nitrogen and oxygen atoms in total. The number of imidazole rings is 1. The summed E-state index contributed by atoms with van der Waals surface area (Å²) in [6.45, 7) is 0. The fraction of sp³-hybridized carbons (Fsp3) is 0.222. The predicted octanol–water partition coefficient (Wildman–Crippen LogP) is 2.94. The van der Waals surface area contributed by atoms with Gasteiger partial charge in [-0.2, -0.15) is 0 Å². The number of halogens is 1. The van der Waals surface area contributed by atoms with Crippen molar-refractivity contribution in [3.05, 3.63) is 65.0 Å². The highest BCUT2D eigenvalue weighted by Gasteiger charge is 2.23. The van der Waals surface area contributed by atoms with E-state index in [0.717, 1.165) is 5.56 Å². The van der Waals surface area contributed by atoms with Crippen LogP contribution < -0.4 is 14.8 Å². The average molecular weight is 375 g/mol. The number of hydrogen-bond acceptors (Lipinski definition) is 4. The number of benzene rings is 1. The Kier molecular flexibility index (Phi) is 5.18. The van der Waals surface area contributed by atoms with Crippen molar-refractivity contribution < 1.29 is 14.3 Å². The van der Waals surface area contributed by atoms with Gasteiger partial charge < -0.3 is 24.3 Å². The van der Waals surface area contributed by atoms with E-state index in [1.165, 1.54) is 0 Å². The summed E-state index contributed by atoms with van der Waals surface area (Å²) in [5, 5.41) is 3.45. The van der Waals surface area contributed by atoms with Crippen LogP contribution in [-0.2, 0) is 7.05 Å². The molecule has 2 aromatic heterocycles. The summed E-state index contributed by atoms with van der Waals surface area (Å²) in [5.41, 5.74) is 1.14. The molecule has 26 heavy (non-hydrogen) atoms. The highest BCUT2D eigenvalue weighted by molar-refractivity contribution is 6.30. The number of nitrogens with zero attached hydrogens (tertiary/aromatic N) is 2. The minimum absolute atomic E-state index is 0.299. The van der Waals surface area contributed by atoms with E-state index in [-0.39, 0.29) is 5.91 Å². The monoisotopic (exact) mass is 374 g/mol. The number of aromatic nitrogens is 3. The van der Waals surface area contributed by atoms with E-state index in [4.69, 9.17) is 21.1 Å². The van der Waals surface area contributed by atoms with Gasteiger partial charge in [0.15, 0.2) is 0 Å². The minimum atomic E-state index is -0.506. The third kappa shape index (κ3) is 3.67. The number of methoxy groups -OCH3 is 2. The predicted molar refractivity (Wildman–Crippen MR) is 97.9 cm³/mol. The highest BCUT2D eigenvalue weighted by atomic mass is 35.5. The molecule has 2 heterocycles. The number of amides is 1. The molecule has 0 fully saturated rings. The van der Waals surface area contributed by atoms with E-state index in [0.29, 0.717) is 28.0 Å². The summed E-state index contributed by atoms with van der Waals surface area (Å²) < 4.78 is 12.5. The Morgan fingerprint density at radius 2 is 1.92 bits per heavy atom. The molecule has 0 saturated carbocycles. The Hall–Kier alpha value is -2.93. The summed E-state index contributed by atoms with van der Waals surface area (Å²) in [5.74, 6) is 1.62. The van der Waals surface area contributed by atoms with Crippen LogP contribution in [0.3, 0.4) is 0 Å². The smallest absolute Gasteiger partial charge is 0.268 e. The number of nitrogens with one attached hydrogen (secondary N) is 2. The van der Waals surface area contributed by atoms with Crippen LogP contribution in [0.4, 0.5) is 0 Å². The average Bonchev–Trinajstić information content (AvgIpc) is 3.27. The lowest BCUT2D eigenvalue weighted by Crippen LogP contribution is -2.31. The summed E-state index contributed by atoms with van der Waals surface area (Å²) in [4.78, 5) is 19.9. The van der Waals surface area contributed by atoms with Crippen molar-refractivity contribution in [3.8, 4) is 11.5 Å². The second-order valence-corrected chi connectivity index (χ2v) is 6.12. The van der Waals surface area contributed by atoms with Gasteiger partial charge in [-0.25, -0.2) is 4.98 Å². The van der Waals surface area contributed by atoms with Crippen LogP contribution in [0, 0.1) is 0 Å². The Bertz CT molecular complexity index is 897. The molecule has 0 spiro atoms. The molecule has 0 aliphatic rings. The molecular formula is C18H19ClN4O3. The van der Waals surface area contributed by atoms with E-state index in [1.807, 2.05) is 29.9 Å². The Labute approximate surface area is 155 Å². The van der Waals surface area contributed by atoms with Gasteiger partial charge in [0.1, 0.15) is 29.1 Å². The molecule has 3 rings (SSSR count). The number of rotatable bonds is 6. The molecule has 8 heteroatoms. The van der Waals surface area contributed by atoms with Crippen molar-refractivity contribution in [2.45, 2.75) is 6.04 Å². The first-order valence-electron chi connectivity index (χ1n) is 7.86. The van der Waals surface area contributed by atoms with Crippen molar-refractivity contribution in [1.29, 1.82) is 0 Å². The van der Waals surface area contributed by atoms with Crippen molar-refractivity contribution in [3.63, 3.8) is 0 Å². The molecule has 1 aromatic carbocycles. The maximum Gasteiger partial charge on any atom is 0.268 e. The maximum absolute atomic E-state index is 12.7. The summed E-state index contributed by atoms with van der Waals surface area (Å²) in [6.07, 6.45) is 5.05. The van der Waals surface area contributed by atoms with Gasteiger partial charge in [-0.1, -0.05) is 11.6 Å². The fourth-order valence-corrected chi connectivity index (χ4v) is 2.82. The molecule has 2 N–H and O–H groups in total. The van der Waals surface area contributed by atoms with Gasteiger partial charge in [-0.05, 0) is 23.8 Å². The van der Waals surface area contributed by atoms with E-state index in [1.54, 1.807) is 38.7 Å². The van der Waals surface area contributed by atoms with Gasteiger partial charge in [0.2, 0.25) is 0 Å². The van der Waals surface area contributed by atoms with E-state index in [2.05, 4.69) is 15.3 Å². The van der Waals surface area contributed by atoms with Gasteiger partial charge in [0.05, 0.1) is 19.2 Å². The van der Waals surface area contributed by atoms with Crippen molar-refractivity contribution in [2.24, 2.45) is 7.05 Å². The zero-order chi connectivity index (χ0) is 18.7. The lowest BCUT2D eigenvalue weighted by Gasteiger charge is -2.20. The second kappa shape index (κ2) is 7.53. The standard InChI is InChI=1S/C18H19ClN4O3/c1-23-5-4-20-17(23)16(22-18(24)15-8-12(19)10-21-15)11-6-13(25-2)9-14(7-11)26-3/h4-10,16,21H,1-3H3,(H,22,24)/t16-/m1/s1. The van der Waals surface area contributed by atoms with E-state index < -0.39 is 6.04 Å². The molecule has 0 aliphatic heterocycles. The van der Waals surface area contributed by atoms with Crippen molar-refractivity contribution in [2.75, 3.05) is 14.2 Å². The first-order valence-corrected chi connectivity index (χ1v) is 8.24. The Morgan fingerprint density at radius 3 is 2.42 bits per heavy atom. The molecule has 0 bridgehead atoms. The van der Waals surface area contributed by atoms with E-state index in [9.17, 15) is 4.79 Å². The Balaban J connectivity index is 2.02. The van der Waals surface area contributed by atoms with Crippen LogP contribution in [0.15, 0.2) is 42.9 Å². The summed E-state index contributed by atoms with van der Waals surface area (Å²) in [6, 6.07) is 6.51. The number of aryl methyl sites for hydroxylation is 1. The van der Waals surface area contributed by atoms with Gasteiger partial charge >= 0.3 is 0 Å². The van der Waals surface area contributed by atoms with Crippen LogP contribution in [0.1, 0.15) is 27.9 Å². The molecule has 0 radical (unpaired) electrons.